The summed E-state index contributed by atoms with van der Waals surface area (Å²) in [4.78, 5) is 11.6. The molecule has 0 saturated heterocycles. The summed E-state index contributed by atoms with van der Waals surface area (Å²) in [6, 6.07) is 19.6. The number of rotatable bonds is 5. The molecule has 0 bridgehead atoms. The molecule has 0 unspecified atom stereocenters. The third-order valence-corrected chi connectivity index (χ3v) is 2.66. The first-order valence-electron chi connectivity index (χ1n) is 6.23. The summed E-state index contributed by atoms with van der Waals surface area (Å²) in [5, 5.41) is 3.94. The van der Waals surface area contributed by atoms with E-state index < -0.39 is 0 Å². The van der Waals surface area contributed by atoms with E-state index in [1.807, 2.05) is 60.7 Å². The number of nitrogens with one attached hydrogen (secondary N) is 1. The molecule has 0 atom stereocenters. The van der Waals surface area contributed by atoms with Gasteiger partial charge in [0.2, 0.25) is 5.91 Å². The first kappa shape index (κ1) is 13.0. The van der Waals surface area contributed by atoms with Crippen molar-refractivity contribution in [2.24, 2.45) is 5.10 Å². The van der Waals surface area contributed by atoms with Crippen LogP contribution < -0.4 is 5.43 Å². The van der Waals surface area contributed by atoms with E-state index in [0.29, 0.717) is 12.8 Å². The molecule has 0 heterocycles. The molecule has 2 aromatic rings. The fraction of sp³-hybridized carbons (Fsp3) is 0.125. The second-order valence-corrected chi connectivity index (χ2v) is 4.20. The van der Waals surface area contributed by atoms with Gasteiger partial charge in [0, 0.05) is 12.6 Å². The van der Waals surface area contributed by atoms with Gasteiger partial charge in [-0.25, -0.2) is 5.43 Å². The van der Waals surface area contributed by atoms with Crippen molar-refractivity contribution < 1.29 is 4.79 Å². The topological polar surface area (TPSA) is 41.5 Å². The summed E-state index contributed by atoms with van der Waals surface area (Å²) in [6.07, 6.45) is 2.77. The van der Waals surface area contributed by atoms with Gasteiger partial charge in [-0.2, -0.15) is 5.10 Å². The number of nitrogens with zero attached hydrogens (tertiary/aromatic N) is 1. The highest BCUT2D eigenvalue weighted by Crippen LogP contribution is 1.99. The van der Waals surface area contributed by atoms with E-state index in [2.05, 4.69) is 10.5 Å². The number of carbonyl (C=O) groups is 1. The smallest absolute Gasteiger partial charge is 0.244 e. The van der Waals surface area contributed by atoms with Crippen LogP contribution in [-0.4, -0.2) is 12.1 Å². The largest absolute Gasteiger partial charge is 0.273 e. The molecule has 0 aliphatic heterocycles. The quantitative estimate of drug-likeness (QED) is 0.645. The van der Waals surface area contributed by atoms with Crippen LogP contribution >= 0.6 is 0 Å². The van der Waals surface area contributed by atoms with Crippen molar-refractivity contribution in [1.82, 2.24) is 5.43 Å². The Morgan fingerprint density at radius 1 is 0.947 bits per heavy atom. The Bertz CT molecular complexity index is 535. The predicted molar refractivity (Wildman–Crippen MR) is 76.9 cm³/mol. The van der Waals surface area contributed by atoms with Gasteiger partial charge in [0.15, 0.2) is 0 Å². The minimum Gasteiger partial charge on any atom is -0.273 e. The minimum absolute atomic E-state index is 0.101. The Morgan fingerprint density at radius 2 is 1.53 bits per heavy atom. The van der Waals surface area contributed by atoms with Crippen molar-refractivity contribution in [3.05, 3.63) is 71.8 Å². The van der Waals surface area contributed by atoms with Gasteiger partial charge in [-0.15, -0.1) is 0 Å². The summed E-state index contributed by atoms with van der Waals surface area (Å²) >= 11 is 0. The maximum Gasteiger partial charge on any atom is 0.244 e. The molecule has 1 N–H and O–H groups in total. The van der Waals surface area contributed by atoms with E-state index in [9.17, 15) is 4.79 Å². The fourth-order valence-electron chi connectivity index (χ4n) is 1.70. The van der Waals surface area contributed by atoms with Crippen LogP contribution in [0.3, 0.4) is 0 Å². The lowest BCUT2D eigenvalue weighted by molar-refractivity contribution is -0.120. The summed E-state index contributed by atoms with van der Waals surface area (Å²) < 4.78 is 0. The van der Waals surface area contributed by atoms with E-state index in [1.165, 1.54) is 5.56 Å². The van der Waals surface area contributed by atoms with E-state index in [0.717, 1.165) is 5.56 Å². The van der Waals surface area contributed by atoms with Gasteiger partial charge in [0.1, 0.15) is 0 Å². The van der Waals surface area contributed by atoms with Crippen molar-refractivity contribution in [3.8, 4) is 0 Å². The average Bonchev–Trinajstić information content (AvgIpc) is 2.46. The zero-order chi connectivity index (χ0) is 13.3. The van der Waals surface area contributed by atoms with Crippen LogP contribution in [0.15, 0.2) is 65.8 Å². The monoisotopic (exact) mass is 252 g/mol. The van der Waals surface area contributed by atoms with Gasteiger partial charge >= 0.3 is 0 Å². The van der Waals surface area contributed by atoms with Gasteiger partial charge < -0.3 is 0 Å². The zero-order valence-corrected chi connectivity index (χ0v) is 10.6. The van der Waals surface area contributed by atoms with Gasteiger partial charge in [0.05, 0.1) is 6.42 Å². The highest BCUT2D eigenvalue weighted by atomic mass is 16.2. The minimum atomic E-state index is -0.101. The van der Waals surface area contributed by atoms with Crippen LogP contribution in [0.5, 0.6) is 0 Å². The van der Waals surface area contributed by atoms with E-state index in [4.69, 9.17) is 0 Å². The lowest BCUT2D eigenvalue weighted by Gasteiger charge is -2.00. The predicted octanol–water partition coefficient (Wildman–Crippen LogP) is 2.57. The lowest BCUT2D eigenvalue weighted by atomic mass is 10.1. The van der Waals surface area contributed by atoms with Gasteiger partial charge in [-0.3, -0.25) is 4.79 Å². The van der Waals surface area contributed by atoms with Crippen LogP contribution in [0.4, 0.5) is 0 Å². The third-order valence-electron chi connectivity index (χ3n) is 2.66. The van der Waals surface area contributed by atoms with Crippen molar-refractivity contribution in [1.29, 1.82) is 0 Å². The number of hydrazone groups is 1. The molecule has 0 radical (unpaired) electrons. The van der Waals surface area contributed by atoms with Gasteiger partial charge in [-0.05, 0) is 11.1 Å². The molecule has 0 fully saturated rings. The van der Waals surface area contributed by atoms with Crippen LogP contribution in [0.2, 0.25) is 0 Å². The molecule has 1 amide bonds. The Balaban J connectivity index is 1.75. The molecule has 2 rings (SSSR count). The summed E-state index contributed by atoms with van der Waals surface area (Å²) in [6.45, 7) is 0. The zero-order valence-electron chi connectivity index (χ0n) is 10.6. The number of amides is 1. The van der Waals surface area contributed by atoms with Gasteiger partial charge in [-0.1, -0.05) is 60.7 Å². The molecule has 3 nitrogen and oxygen atoms in total. The maximum absolute atomic E-state index is 11.6. The molecular formula is C16H16N2O. The van der Waals surface area contributed by atoms with Crippen LogP contribution in [0.25, 0.3) is 0 Å². The molecule has 2 aromatic carbocycles. The Hall–Kier alpha value is -2.42. The lowest BCUT2D eigenvalue weighted by Crippen LogP contribution is -2.19. The van der Waals surface area contributed by atoms with Crippen LogP contribution in [0.1, 0.15) is 11.1 Å². The van der Waals surface area contributed by atoms with Crippen LogP contribution in [0, 0.1) is 0 Å². The Labute approximate surface area is 113 Å². The van der Waals surface area contributed by atoms with Crippen LogP contribution in [-0.2, 0) is 17.6 Å². The number of benzene rings is 2. The number of hydrogen-bond acceptors (Lipinski definition) is 2. The second-order valence-electron chi connectivity index (χ2n) is 4.20. The standard InChI is InChI=1S/C16H16N2O/c19-16(13-15-9-5-2-6-10-15)18-17-12-11-14-7-3-1-4-8-14/h1-10,12H,11,13H2,(H,18,19)/b17-12+. The van der Waals surface area contributed by atoms with Crippen molar-refractivity contribution in [2.45, 2.75) is 12.8 Å². The molecule has 0 aromatic heterocycles. The first-order valence-corrected chi connectivity index (χ1v) is 6.23. The van der Waals surface area contributed by atoms with Gasteiger partial charge in [0.25, 0.3) is 0 Å². The highest BCUT2D eigenvalue weighted by molar-refractivity contribution is 5.79. The summed E-state index contributed by atoms with van der Waals surface area (Å²) in [5.74, 6) is -0.101. The molecule has 0 spiro atoms. The van der Waals surface area contributed by atoms with Crippen molar-refractivity contribution >= 4 is 12.1 Å². The maximum atomic E-state index is 11.6. The number of carbonyl (C=O) groups excluding carboxylic acids is 1. The summed E-state index contributed by atoms with van der Waals surface area (Å²) in [5.41, 5.74) is 4.69. The second kappa shape index (κ2) is 7.11. The Kier molecular flexibility index (Phi) is 4.87. The van der Waals surface area contributed by atoms with E-state index in [1.54, 1.807) is 6.21 Å². The Morgan fingerprint density at radius 3 is 2.16 bits per heavy atom. The summed E-state index contributed by atoms with van der Waals surface area (Å²) in [7, 11) is 0. The normalized spacial score (nSPS) is 10.5. The molecule has 96 valence electrons. The number of hydrogen-bond donors (Lipinski definition) is 1. The van der Waals surface area contributed by atoms with Crippen molar-refractivity contribution in [2.75, 3.05) is 0 Å². The SMILES string of the molecule is O=C(Cc1ccccc1)N/N=C/Cc1ccccc1. The van der Waals surface area contributed by atoms with Crippen molar-refractivity contribution in [3.63, 3.8) is 0 Å². The third kappa shape index (κ3) is 4.76. The molecule has 0 saturated carbocycles. The van der Waals surface area contributed by atoms with E-state index >= 15 is 0 Å². The first-order chi connectivity index (χ1) is 9.34. The molecule has 0 aliphatic rings. The molecular weight excluding hydrogens is 236 g/mol. The molecule has 3 heteroatoms. The highest BCUT2D eigenvalue weighted by Gasteiger charge is 2.00. The molecule has 0 aliphatic carbocycles. The molecule has 19 heavy (non-hydrogen) atoms. The van der Waals surface area contributed by atoms with E-state index in [-0.39, 0.29) is 5.91 Å². The average molecular weight is 252 g/mol. The fourth-order valence-corrected chi connectivity index (χ4v) is 1.70.